The van der Waals surface area contributed by atoms with Gasteiger partial charge in [-0.15, -0.1) is 0 Å². The summed E-state index contributed by atoms with van der Waals surface area (Å²) in [5.74, 6) is -1.12. The number of aliphatic hydroxyl groups is 1. The SMILES string of the molecule is CCCCCCCCCCCCCCC=CC1CC(=O)OC1=O.CN(C)CCO. The number of hydrogen-bond acceptors (Lipinski definition) is 5. The molecule has 0 spiro atoms. The highest BCUT2D eigenvalue weighted by atomic mass is 16.6. The van der Waals surface area contributed by atoms with Crippen LogP contribution in [0.25, 0.3) is 0 Å². The smallest absolute Gasteiger partial charge is 0.321 e. The summed E-state index contributed by atoms with van der Waals surface area (Å²) < 4.78 is 4.51. The lowest BCUT2D eigenvalue weighted by Crippen LogP contribution is -2.15. The Bertz CT molecular complexity index is 435. The Morgan fingerprint density at radius 1 is 0.931 bits per heavy atom. The summed E-state index contributed by atoms with van der Waals surface area (Å²) in [5.41, 5.74) is 0. The molecule has 0 saturated carbocycles. The van der Waals surface area contributed by atoms with Gasteiger partial charge in [0, 0.05) is 6.54 Å². The molecule has 1 saturated heterocycles. The van der Waals surface area contributed by atoms with Crippen molar-refractivity contribution in [3.8, 4) is 0 Å². The Balaban J connectivity index is 0.00000113. The van der Waals surface area contributed by atoms with E-state index in [4.69, 9.17) is 5.11 Å². The predicted molar refractivity (Wildman–Crippen MR) is 120 cm³/mol. The maximum absolute atomic E-state index is 11.3. The van der Waals surface area contributed by atoms with E-state index in [-0.39, 0.29) is 24.9 Å². The number of rotatable bonds is 16. The molecule has 1 fully saturated rings. The third-order valence-electron chi connectivity index (χ3n) is 5.04. The molecule has 1 aliphatic rings. The number of nitrogens with zero attached hydrogens (tertiary/aromatic N) is 1. The topological polar surface area (TPSA) is 66.8 Å². The van der Waals surface area contributed by atoms with Crippen LogP contribution in [-0.2, 0) is 14.3 Å². The molecule has 0 aromatic rings. The minimum Gasteiger partial charge on any atom is -0.395 e. The van der Waals surface area contributed by atoms with Gasteiger partial charge in [-0.05, 0) is 26.9 Å². The molecule has 1 unspecified atom stereocenters. The van der Waals surface area contributed by atoms with E-state index in [0.717, 1.165) is 13.0 Å². The normalized spacial score (nSPS) is 16.4. The molecule has 0 aromatic carbocycles. The lowest BCUT2D eigenvalue weighted by molar-refractivity contribution is -0.152. The van der Waals surface area contributed by atoms with E-state index in [1.54, 1.807) is 0 Å². The van der Waals surface area contributed by atoms with E-state index >= 15 is 0 Å². The van der Waals surface area contributed by atoms with Gasteiger partial charge >= 0.3 is 11.9 Å². The van der Waals surface area contributed by atoms with Crippen molar-refractivity contribution in [2.45, 2.75) is 96.8 Å². The molecule has 5 heteroatoms. The van der Waals surface area contributed by atoms with Crippen LogP contribution in [0.5, 0.6) is 0 Å². The summed E-state index contributed by atoms with van der Waals surface area (Å²) in [7, 11) is 3.85. The second-order valence-corrected chi connectivity index (χ2v) is 8.24. The number of carbonyl (C=O) groups is 2. The zero-order chi connectivity index (χ0) is 21.7. The zero-order valence-corrected chi connectivity index (χ0v) is 19.2. The highest BCUT2D eigenvalue weighted by Gasteiger charge is 2.30. The van der Waals surface area contributed by atoms with Gasteiger partial charge in [-0.1, -0.05) is 89.7 Å². The van der Waals surface area contributed by atoms with Crippen LogP contribution in [0.1, 0.15) is 96.8 Å². The molecule has 1 atom stereocenters. The number of likely N-dealkylation sites (N-methyl/N-ethyl adjacent to an activating group) is 1. The van der Waals surface area contributed by atoms with E-state index in [1.165, 1.54) is 77.0 Å². The summed E-state index contributed by atoms with van der Waals surface area (Å²) >= 11 is 0. The molecule has 0 radical (unpaired) electrons. The third kappa shape index (κ3) is 18.6. The quantitative estimate of drug-likeness (QED) is 0.162. The van der Waals surface area contributed by atoms with Gasteiger partial charge in [0.2, 0.25) is 0 Å². The second kappa shape index (κ2) is 20.1. The number of aliphatic hydroxyl groups excluding tert-OH is 1. The van der Waals surface area contributed by atoms with Crippen LogP contribution in [0.4, 0.5) is 0 Å². The van der Waals surface area contributed by atoms with Gasteiger partial charge in [0.25, 0.3) is 0 Å². The van der Waals surface area contributed by atoms with Crippen LogP contribution in [0.15, 0.2) is 12.2 Å². The maximum atomic E-state index is 11.3. The summed E-state index contributed by atoms with van der Waals surface area (Å²) in [6.45, 7) is 3.28. The average molecular weight is 412 g/mol. The zero-order valence-electron chi connectivity index (χ0n) is 19.2. The fourth-order valence-electron chi connectivity index (χ4n) is 3.20. The van der Waals surface area contributed by atoms with Crippen molar-refractivity contribution >= 4 is 11.9 Å². The van der Waals surface area contributed by atoms with E-state index < -0.39 is 5.97 Å². The number of hydrogen-bond donors (Lipinski definition) is 1. The van der Waals surface area contributed by atoms with E-state index in [9.17, 15) is 9.59 Å². The van der Waals surface area contributed by atoms with Gasteiger partial charge in [0.15, 0.2) is 0 Å². The number of allylic oxidation sites excluding steroid dienone is 1. The second-order valence-electron chi connectivity index (χ2n) is 8.24. The lowest BCUT2D eigenvalue weighted by atomic mass is 10.0. The fraction of sp³-hybridized carbons (Fsp3) is 0.833. The summed E-state index contributed by atoms with van der Waals surface area (Å²) in [6.07, 6.45) is 21.3. The first-order valence-corrected chi connectivity index (χ1v) is 11.7. The first-order chi connectivity index (χ1) is 14.0. The molecule has 1 N–H and O–H groups in total. The molecule has 0 aromatic heterocycles. The Morgan fingerprint density at radius 3 is 1.83 bits per heavy atom. The largest absolute Gasteiger partial charge is 0.395 e. The van der Waals surface area contributed by atoms with Gasteiger partial charge in [-0.2, -0.15) is 0 Å². The minimum atomic E-state index is -0.394. The van der Waals surface area contributed by atoms with E-state index in [0.29, 0.717) is 0 Å². The lowest BCUT2D eigenvalue weighted by Gasteiger charge is -2.03. The number of carbonyl (C=O) groups excluding carboxylic acids is 2. The number of esters is 2. The van der Waals surface area contributed by atoms with Crippen LogP contribution in [0.3, 0.4) is 0 Å². The molecule has 1 rings (SSSR count). The first-order valence-electron chi connectivity index (χ1n) is 11.7. The molecule has 170 valence electrons. The minimum absolute atomic E-state index is 0.216. The average Bonchev–Trinajstić information content (AvgIpc) is 2.99. The summed E-state index contributed by atoms with van der Waals surface area (Å²) in [5, 5.41) is 8.20. The first kappa shape index (κ1) is 27.8. The van der Waals surface area contributed by atoms with Crippen molar-refractivity contribution in [3.05, 3.63) is 12.2 Å². The van der Waals surface area contributed by atoms with Crippen molar-refractivity contribution in [2.75, 3.05) is 27.2 Å². The molecular weight excluding hydrogens is 366 g/mol. The third-order valence-corrected chi connectivity index (χ3v) is 5.04. The van der Waals surface area contributed by atoms with Gasteiger partial charge in [-0.25, -0.2) is 0 Å². The molecule has 29 heavy (non-hydrogen) atoms. The molecule has 1 aliphatic heterocycles. The summed E-state index contributed by atoms with van der Waals surface area (Å²) in [6, 6.07) is 0. The van der Waals surface area contributed by atoms with Crippen molar-refractivity contribution in [3.63, 3.8) is 0 Å². The van der Waals surface area contributed by atoms with Crippen LogP contribution >= 0.6 is 0 Å². The van der Waals surface area contributed by atoms with Crippen LogP contribution < -0.4 is 0 Å². The Morgan fingerprint density at radius 2 is 1.45 bits per heavy atom. The molecule has 0 amide bonds. The van der Waals surface area contributed by atoms with Crippen LogP contribution in [-0.4, -0.2) is 49.2 Å². The predicted octanol–water partition coefficient (Wildman–Crippen LogP) is 5.26. The number of ether oxygens (including phenoxy) is 1. The Labute approximate surface area is 178 Å². The van der Waals surface area contributed by atoms with E-state index in [2.05, 4.69) is 11.7 Å². The Kier molecular flexibility index (Phi) is 19.3. The van der Waals surface area contributed by atoms with Crippen molar-refractivity contribution in [2.24, 2.45) is 5.92 Å². The monoisotopic (exact) mass is 411 g/mol. The van der Waals surface area contributed by atoms with Gasteiger partial charge in [-0.3, -0.25) is 9.59 Å². The fourth-order valence-corrected chi connectivity index (χ4v) is 3.20. The highest BCUT2D eigenvalue weighted by molar-refractivity contribution is 5.95. The van der Waals surface area contributed by atoms with Gasteiger partial charge in [0.05, 0.1) is 18.9 Å². The molecule has 5 nitrogen and oxygen atoms in total. The number of unbranched alkanes of at least 4 members (excludes halogenated alkanes) is 12. The van der Waals surface area contributed by atoms with Crippen molar-refractivity contribution < 1.29 is 19.4 Å². The highest BCUT2D eigenvalue weighted by Crippen LogP contribution is 2.18. The van der Waals surface area contributed by atoms with E-state index in [1.807, 2.05) is 31.1 Å². The molecular formula is C24H45NO4. The van der Waals surface area contributed by atoms with Crippen molar-refractivity contribution in [1.82, 2.24) is 4.90 Å². The standard InChI is InChI=1S/C20H34O3.C4H11NO/c1-2-3-4-5-6-7-8-9-10-11-12-13-14-15-16-18-17-19(21)23-20(18)22;1-5(2)3-4-6/h15-16,18H,2-14,17H2,1H3;6H,3-4H2,1-2H3. The van der Waals surface area contributed by atoms with Crippen LogP contribution in [0, 0.1) is 5.92 Å². The maximum Gasteiger partial charge on any atom is 0.321 e. The van der Waals surface area contributed by atoms with Crippen LogP contribution in [0.2, 0.25) is 0 Å². The Hall–Kier alpha value is -1.20. The van der Waals surface area contributed by atoms with Gasteiger partial charge in [0.1, 0.15) is 0 Å². The molecule has 0 bridgehead atoms. The number of cyclic esters (lactones) is 2. The van der Waals surface area contributed by atoms with Gasteiger partial charge < -0.3 is 14.7 Å². The molecule has 0 aliphatic carbocycles. The van der Waals surface area contributed by atoms with Crippen molar-refractivity contribution in [1.29, 1.82) is 0 Å². The molecule has 1 heterocycles. The summed E-state index contributed by atoms with van der Waals surface area (Å²) in [4.78, 5) is 24.1.